The van der Waals surface area contributed by atoms with E-state index >= 15 is 0 Å². The molecule has 3 aromatic rings. The lowest BCUT2D eigenvalue weighted by atomic mass is 10.1. The third kappa shape index (κ3) is 3.14. The lowest BCUT2D eigenvalue weighted by Gasteiger charge is -2.05. The average Bonchev–Trinajstić information content (AvgIpc) is 3.07. The van der Waals surface area contributed by atoms with Crippen LogP contribution in [0.1, 0.15) is 21.9 Å². The van der Waals surface area contributed by atoms with Crippen molar-refractivity contribution < 1.29 is 13.9 Å². The van der Waals surface area contributed by atoms with Crippen molar-refractivity contribution in [3.8, 4) is 6.07 Å². The fraction of sp³-hybridized carbons (Fsp3) is 0.118. The summed E-state index contributed by atoms with van der Waals surface area (Å²) in [6, 6.07) is 14.4. The van der Waals surface area contributed by atoms with Gasteiger partial charge in [0.15, 0.2) is 0 Å². The minimum atomic E-state index is -0.506. The first kappa shape index (κ1) is 14.6. The summed E-state index contributed by atoms with van der Waals surface area (Å²) in [6.07, 6.45) is 0. The van der Waals surface area contributed by atoms with E-state index < -0.39 is 5.97 Å². The molecule has 3 rings (SSSR count). The van der Waals surface area contributed by atoms with Crippen LogP contribution >= 0.6 is 0 Å². The number of aromatic nitrogens is 1. The number of ether oxygens (including phenoxy) is 1. The molecule has 0 aliphatic rings. The first-order chi connectivity index (χ1) is 11.2. The van der Waals surface area contributed by atoms with E-state index in [0.29, 0.717) is 23.7 Å². The summed E-state index contributed by atoms with van der Waals surface area (Å²) in [5.74, 6) is 0.943. The SMILES string of the molecule is COC(=O)c1ccc(CNc2ccc3cc(C#N)ccc3n2)o1. The number of methoxy groups -OCH3 is 1. The number of nitrogens with zero attached hydrogens (tertiary/aromatic N) is 2. The Bertz CT molecular complexity index is 909. The topological polar surface area (TPSA) is 88.1 Å². The molecule has 114 valence electrons. The maximum atomic E-state index is 11.3. The van der Waals surface area contributed by atoms with Gasteiger partial charge in [-0.3, -0.25) is 0 Å². The van der Waals surface area contributed by atoms with Gasteiger partial charge in [0.2, 0.25) is 5.76 Å². The van der Waals surface area contributed by atoms with Crippen molar-refractivity contribution in [2.45, 2.75) is 6.54 Å². The monoisotopic (exact) mass is 307 g/mol. The van der Waals surface area contributed by atoms with Crippen LogP contribution in [0.5, 0.6) is 0 Å². The zero-order valence-corrected chi connectivity index (χ0v) is 12.4. The summed E-state index contributed by atoms with van der Waals surface area (Å²) in [7, 11) is 1.31. The third-order valence-corrected chi connectivity index (χ3v) is 3.31. The maximum absolute atomic E-state index is 11.3. The molecule has 0 saturated carbocycles. The zero-order valence-electron chi connectivity index (χ0n) is 12.4. The second-order valence-electron chi connectivity index (χ2n) is 4.83. The molecule has 0 bridgehead atoms. The molecule has 6 heteroatoms. The number of nitrogens with one attached hydrogen (secondary N) is 1. The minimum Gasteiger partial charge on any atom is -0.463 e. The van der Waals surface area contributed by atoms with E-state index in [-0.39, 0.29) is 5.76 Å². The van der Waals surface area contributed by atoms with Gasteiger partial charge in [0.25, 0.3) is 0 Å². The molecule has 0 radical (unpaired) electrons. The van der Waals surface area contributed by atoms with Gasteiger partial charge in [-0.2, -0.15) is 5.26 Å². The van der Waals surface area contributed by atoms with Crippen molar-refractivity contribution in [2.24, 2.45) is 0 Å². The Labute approximate surface area is 132 Å². The van der Waals surface area contributed by atoms with Crippen LogP contribution in [0.3, 0.4) is 0 Å². The molecule has 1 N–H and O–H groups in total. The lowest BCUT2D eigenvalue weighted by molar-refractivity contribution is 0.0563. The number of esters is 1. The van der Waals surface area contributed by atoms with E-state index in [1.807, 2.05) is 12.1 Å². The summed E-state index contributed by atoms with van der Waals surface area (Å²) in [6.45, 7) is 0.395. The highest BCUT2D eigenvalue weighted by atomic mass is 16.5. The number of benzene rings is 1. The Morgan fingerprint density at radius 2 is 2.17 bits per heavy atom. The van der Waals surface area contributed by atoms with Gasteiger partial charge in [-0.05, 0) is 42.5 Å². The van der Waals surface area contributed by atoms with Crippen LogP contribution in [0.4, 0.5) is 5.82 Å². The summed E-state index contributed by atoms with van der Waals surface area (Å²) < 4.78 is 9.97. The fourth-order valence-electron chi connectivity index (χ4n) is 2.15. The van der Waals surface area contributed by atoms with Gasteiger partial charge in [-0.15, -0.1) is 0 Å². The van der Waals surface area contributed by atoms with Gasteiger partial charge in [-0.1, -0.05) is 0 Å². The van der Waals surface area contributed by atoms with E-state index in [1.165, 1.54) is 7.11 Å². The number of furan rings is 1. The van der Waals surface area contributed by atoms with E-state index in [1.54, 1.807) is 30.3 Å². The van der Waals surface area contributed by atoms with Gasteiger partial charge >= 0.3 is 5.97 Å². The van der Waals surface area contributed by atoms with Crippen LogP contribution in [-0.2, 0) is 11.3 Å². The smallest absolute Gasteiger partial charge is 0.373 e. The standard InChI is InChI=1S/C17H13N3O3/c1-22-17(21)15-6-4-13(23-15)10-19-16-7-3-12-8-11(9-18)2-5-14(12)20-16/h2-8H,10H2,1H3,(H,19,20). The fourth-order valence-corrected chi connectivity index (χ4v) is 2.15. The second kappa shape index (κ2) is 6.20. The quantitative estimate of drug-likeness (QED) is 0.745. The van der Waals surface area contributed by atoms with E-state index in [4.69, 9.17) is 9.68 Å². The molecule has 0 spiro atoms. The van der Waals surface area contributed by atoms with Gasteiger partial charge in [-0.25, -0.2) is 9.78 Å². The Kier molecular flexibility index (Phi) is 3.93. The van der Waals surface area contributed by atoms with Crippen LogP contribution in [0.15, 0.2) is 46.9 Å². The summed E-state index contributed by atoms with van der Waals surface area (Å²) in [5.41, 5.74) is 1.40. The van der Waals surface area contributed by atoms with Crippen molar-refractivity contribution in [1.82, 2.24) is 4.98 Å². The van der Waals surface area contributed by atoms with Crippen molar-refractivity contribution in [3.63, 3.8) is 0 Å². The molecule has 6 nitrogen and oxygen atoms in total. The maximum Gasteiger partial charge on any atom is 0.373 e. The predicted octanol–water partition coefficient (Wildman–Crippen LogP) is 3.10. The molecule has 0 fully saturated rings. The second-order valence-corrected chi connectivity index (χ2v) is 4.83. The number of rotatable bonds is 4. The van der Waals surface area contributed by atoms with Gasteiger partial charge in [0, 0.05) is 5.39 Å². The summed E-state index contributed by atoms with van der Waals surface area (Å²) in [5, 5.41) is 12.9. The van der Waals surface area contributed by atoms with Crippen LogP contribution in [0.2, 0.25) is 0 Å². The summed E-state index contributed by atoms with van der Waals surface area (Å²) >= 11 is 0. The number of pyridine rings is 1. The molecule has 23 heavy (non-hydrogen) atoms. The first-order valence-corrected chi connectivity index (χ1v) is 6.91. The highest BCUT2D eigenvalue weighted by molar-refractivity contribution is 5.86. The summed E-state index contributed by atoms with van der Waals surface area (Å²) in [4.78, 5) is 15.8. The van der Waals surface area contributed by atoms with E-state index in [2.05, 4.69) is 21.1 Å². The molecule has 0 saturated heterocycles. The molecule has 0 unspecified atom stereocenters. The first-order valence-electron chi connectivity index (χ1n) is 6.91. The van der Waals surface area contributed by atoms with Gasteiger partial charge < -0.3 is 14.5 Å². The Hall–Kier alpha value is -3.33. The largest absolute Gasteiger partial charge is 0.463 e. The Morgan fingerprint density at radius 3 is 2.96 bits per heavy atom. The predicted molar refractivity (Wildman–Crippen MR) is 83.8 cm³/mol. The van der Waals surface area contributed by atoms with Gasteiger partial charge in [0.05, 0.1) is 30.8 Å². The van der Waals surface area contributed by atoms with Gasteiger partial charge in [0.1, 0.15) is 11.6 Å². The molecule has 0 amide bonds. The highest BCUT2D eigenvalue weighted by Crippen LogP contribution is 2.18. The number of hydrogen-bond donors (Lipinski definition) is 1. The normalized spacial score (nSPS) is 10.3. The van der Waals surface area contributed by atoms with E-state index in [0.717, 1.165) is 10.9 Å². The van der Waals surface area contributed by atoms with Crippen molar-refractivity contribution in [1.29, 1.82) is 5.26 Å². The molecule has 1 aromatic carbocycles. The van der Waals surface area contributed by atoms with Crippen LogP contribution in [0, 0.1) is 11.3 Å². The molecular formula is C17H13N3O3. The zero-order chi connectivity index (χ0) is 16.2. The van der Waals surface area contributed by atoms with Crippen molar-refractivity contribution in [3.05, 3.63) is 59.5 Å². The molecule has 0 aliphatic carbocycles. The molecule has 2 heterocycles. The number of nitriles is 1. The number of hydrogen-bond acceptors (Lipinski definition) is 6. The Morgan fingerprint density at radius 1 is 1.30 bits per heavy atom. The highest BCUT2D eigenvalue weighted by Gasteiger charge is 2.10. The van der Waals surface area contributed by atoms with Crippen molar-refractivity contribution >= 4 is 22.7 Å². The number of carbonyl (C=O) groups is 1. The van der Waals surface area contributed by atoms with E-state index in [9.17, 15) is 4.79 Å². The Balaban J connectivity index is 1.73. The number of anilines is 1. The molecular weight excluding hydrogens is 294 g/mol. The average molecular weight is 307 g/mol. The third-order valence-electron chi connectivity index (χ3n) is 3.31. The number of fused-ring (bicyclic) bond motifs is 1. The minimum absolute atomic E-state index is 0.166. The molecule has 0 aliphatic heterocycles. The van der Waals surface area contributed by atoms with Crippen LogP contribution in [-0.4, -0.2) is 18.1 Å². The molecule has 2 aromatic heterocycles. The lowest BCUT2D eigenvalue weighted by Crippen LogP contribution is -2.01. The van der Waals surface area contributed by atoms with Crippen LogP contribution < -0.4 is 5.32 Å². The number of carbonyl (C=O) groups excluding carboxylic acids is 1. The molecule has 0 atom stereocenters. The van der Waals surface area contributed by atoms with Crippen molar-refractivity contribution in [2.75, 3.05) is 12.4 Å². The van der Waals surface area contributed by atoms with Crippen LogP contribution in [0.25, 0.3) is 10.9 Å².